The minimum absolute atomic E-state index is 0.0669. The number of nitrogens with one attached hydrogen (secondary N) is 1. The molecule has 2 heterocycles. The summed E-state index contributed by atoms with van der Waals surface area (Å²) >= 11 is 7.87. The van der Waals surface area contributed by atoms with E-state index in [0.717, 1.165) is 20.3 Å². The van der Waals surface area contributed by atoms with Gasteiger partial charge in [-0.05, 0) is 17.7 Å². The number of nitrogens with two attached hydrogens (primary N) is 1. The summed E-state index contributed by atoms with van der Waals surface area (Å²) in [7, 11) is 0. The topological polar surface area (TPSA) is 98.0 Å². The van der Waals surface area contributed by atoms with E-state index >= 15 is 0 Å². The molecule has 0 saturated heterocycles. The van der Waals surface area contributed by atoms with Gasteiger partial charge in [-0.15, -0.1) is 22.7 Å². The molecule has 0 aliphatic rings. The van der Waals surface area contributed by atoms with E-state index < -0.39 is 5.91 Å². The zero-order chi connectivity index (χ0) is 19.2. The summed E-state index contributed by atoms with van der Waals surface area (Å²) in [4.78, 5) is 31.7. The lowest BCUT2D eigenvalue weighted by Gasteiger charge is -2.00. The van der Waals surface area contributed by atoms with Gasteiger partial charge in [-0.2, -0.15) is 0 Å². The first kappa shape index (κ1) is 20.0. The molecule has 2 aromatic heterocycles. The highest BCUT2D eigenvalue weighted by Crippen LogP contribution is 2.27. The number of rotatable bonds is 8. The van der Waals surface area contributed by atoms with E-state index in [2.05, 4.69) is 43.3 Å². The molecular formula is C17H15BrN4O2S3. The van der Waals surface area contributed by atoms with Crippen LogP contribution in [0.1, 0.15) is 17.0 Å². The fourth-order valence-electron chi connectivity index (χ4n) is 2.11. The molecule has 0 spiro atoms. The van der Waals surface area contributed by atoms with E-state index in [9.17, 15) is 9.59 Å². The fraction of sp³-hybridized carbons (Fsp3) is 0.176. The van der Waals surface area contributed by atoms with Crippen molar-refractivity contribution < 1.29 is 9.59 Å². The van der Waals surface area contributed by atoms with Gasteiger partial charge in [0.05, 0.1) is 24.2 Å². The molecule has 3 aromatic rings. The van der Waals surface area contributed by atoms with E-state index in [1.807, 2.05) is 17.5 Å². The molecule has 2 amide bonds. The summed E-state index contributed by atoms with van der Waals surface area (Å²) < 4.78 is 1.99. The number of carbonyl (C=O) groups is 2. The van der Waals surface area contributed by atoms with Crippen LogP contribution in [0.25, 0.3) is 0 Å². The smallest absolute Gasteiger partial charge is 0.232 e. The van der Waals surface area contributed by atoms with E-state index in [-0.39, 0.29) is 18.7 Å². The zero-order valence-corrected chi connectivity index (χ0v) is 18.0. The van der Waals surface area contributed by atoms with Gasteiger partial charge in [-0.25, -0.2) is 9.97 Å². The van der Waals surface area contributed by atoms with E-state index in [1.165, 1.54) is 28.2 Å². The van der Waals surface area contributed by atoms with Crippen molar-refractivity contribution in [1.82, 2.24) is 9.97 Å². The van der Waals surface area contributed by atoms with E-state index in [4.69, 9.17) is 5.73 Å². The number of benzene rings is 1. The van der Waals surface area contributed by atoms with Gasteiger partial charge in [0.1, 0.15) is 4.34 Å². The molecule has 3 rings (SSSR count). The summed E-state index contributed by atoms with van der Waals surface area (Å²) in [5.74, 6) is 0.187. The number of thiazole rings is 2. The summed E-state index contributed by atoms with van der Waals surface area (Å²) in [5, 5.41) is 6.78. The quantitative estimate of drug-likeness (QED) is 0.474. The highest BCUT2D eigenvalue weighted by Gasteiger charge is 2.11. The molecule has 0 radical (unpaired) electrons. The van der Waals surface area contributed by atoms with Crippen molar-refractivity contribution in [2.75, 3.05) is 5.32 Å². The van der Waals surface area contributed by atoms with Crippen LogP contribution >= 0.6 is 50.4 Å². The van der Waals surface area contributed by atoms with Crippen LogP contribution in [0.15, 0.2) is 43.8 Å². The van der Waals surface area contributed by atoms with Gasteiger partial charge >= 0.3 is 0 Å². The highest BCUT2D eigenvalue weighted by molar-refractivity contribution is 9.10. The second-order valence-corrected chi connectivity index (χ2v) is 9.39. The Morgan fingerprint density at radius 1 is 1.07 bits per heavy atom. The normalized spacial score (nSPS) is 10.7. The standard InChI is InChI=1S/C17H15BrN4O2S3/c18-11-3-1-10(2-4-11)7-26-17-21-13(9-27-17)6-15(24)22-16-20-12(8-25-16)5-14(19)23/h1-4,8-9H,5-7H2,(H2,19,23)(H,20,22,24). The lowest BCUT2D eigenvalue weighted by molar-refractivity contribution is -0.117. The predicted octanol–water partition coefficient (Wildman–Crippen LogP) is 3.86. The number of amides is 2. The van der Waals surface area contributed by atoms with Crippen molar-refractivity contribution in [3.63, 3.8) is 0 Å². The number of anilines is 1. The lowest BCUT2D eigenvalue weighted by atomic mass is 10.2. The Bertz CT molecular complexity index is 940. The summed E-state index contributed by atoms with van der Waals surface area (Å²) in [5.41, 5.74) is 7.64. The van der Waals surface area contributed by atoms with Crippen molar-refractivity contribution in [2.24, 2.45) is 5.73 Å². The van der Waals surface area contributed by atoms with Gasteiger partial charge in [0.15, 0.2) is 5.13 Å². The average Bonchev–Trinajstić information content (AvgIpc) is 3.23. The second-order valence-electron chi connectivity index (χ2n) is 5.53. The first-order valence-electron chi connectivity index (χ1n) is 7.82. The SMILES string of the molecule is NC(=O)Cc1csc(NC(=O)Cc2csc(SCc3ccc(Br)cc3)n2)n1. The molecule has 27 heavy (non-hydrogen) atoms. The maximum Gasteiger partial charge on any atom is 0.232 e. The van der Waals surface area contributed by atoms with Crippen LogP contribution in [-0.4, -0.2) is 21.8 Å². The van der Waals surface area contributed by atoms with Crippen molar-refractivity contribution in [1.29, 1.82) is 0 Å². The molecular weight excluding hydrogens is 468 g/mol. The monoisotopic (exact) mass is 482 g/mol. The Balaban J connectivity index is 1.49. The Kier molecular flexibility index (Phi) is 7.00. The Hall–Kier alpha value is -1.75. The van der Waals surface area contributed by atoms with Crippen LogP contribution in [0.3, 0.4) is 0 Å². The van der Waals surface area contributed by atoms with Crippen molar-refractivity contribution in [3.8, 4) is 0 Å². The number of hydrogen-bond acceptors (Lipinski definition) is 7. The molecule has 140 valence electrons. The third kappa shape index (κ3) is 6.42. The molecule has 3 N–H and O–H groups in total. The molecule has 0 bridgehead atoms. The molecule has 10 heteroatoms. The van der Waals surface area contributed by atoms with Crippen LogP contribution in [0, 0.1) is 0 Å². The highest BCUT2D eigenvalue weighted by atomic mass is 79.9. The number of aromatic nitrogens is 2. The van der Waals surface area contributed by atoms with Crippen LogP contribution in [0.4, 0.5) is 5.13 Å². The first-order valence-corrected chi connectivity index (χ1v) is 11.4. The Labute approximate surface area is 176 Å². The Morgan fingerprint density at radius 3 is 2.52 bits per heavy atom. The molecule has 0 fully saturated rings. The number of halogens is 1. The zero-order valence-electron chi connectivity index (χ0n) is 14.0. The summed E-state index contributed by atoms with van der Waals surface area (Å²) in [6.07, 6.45) is 0.248. The van der Waals surface area contributed by atoms with Crippen molar-refractivity contribution >= 4 is 67.3 Å². The number of primary amides is 1. The van der Waals surface area contributed by atoms with Gasteiger partial charge in [0.2, 0.25) is 11.8 Å². The van der Waals surface area contributed by atoms with Crippen molar-refractivity contribution in [3.05, 3.63) is 56.4 Å². The minimum Gasteiger partial charge on any atom is -0.369 e. The third-order valence-electron chi connectivity index (χ3n) is 3.30. The molecule has 0 aliphatic heterocycles. The van der Waals surface area contributed by atoms with Crippen LogP contribution in [-0.2, 0) is 28.2 Å². The number of carbonyl (C=O) groups excluding carboxylic acids is 2. The predicted molar refractivity (Wildman–Crippen MR) is 113 cm³/mol. The van der Waals surface area contributed by atoms with Gasteiger partial charge in [0, 0.05) is 21.0 Å². The number of thioether (sulfide) groups is 1. The Morgan fingerprint density at radius 2 is 1.78 bits per heavy atom. The van der Waals surface area contributed by atoms with Crippen LogP contribution in [0.5, 0.6) is 0 Å². The third-order valence-corrected chi connectivity index (χ3v) is 6.78. The van der Waals surface area contributed by atoms with Gasteiger partial charge in [-0.1, -0.05) is 39.8 Å². The largest absolute Gasteiger partial charge is 0.369 e. The van der Waals surface area contributed by atoms with Crippen molar-refractivity contribution in [2.45, 2.75) is 22.9 Å². The van der Waals surface area contributed by atoms with E-state index in [0.29, 0.717) is 10.8 Å². The van der Waals surface area contributed by atoms with Gasteiger partial charge in [0.25, 0.3) is 0 Å². The van der Waals surface area contributed by atoms with Crippen LogP contribution < -0.4 is 11.1 Å². The maximum absolute atomic E-state index is 12.2. The maximum atomic E-state index is 12.2. The molecule has 6 nitrogen and oxygen atoms in total. The molecule has 0 aliphatic carbocycles. The lowest BCUT2D eigenvalue weighted by Crippen LogP contribution is -2.15. The van der Waals surface area contributed by atoms with Gasteiger partial charge < -0.3 is 11.1 Å². The first-order chi connectivity index (χ1) is 13.0. The average molecular weight is 483 g/mol. The molecule has 0 saturated carbocycles. The molecule has 1 aromatic carbocycles. The summed E-state index contributed by atoms with van der Waals surface area (Å²) in [6, 6.07) is 8.17. The number of nitrogens with zero attached hydrogens (tertiary/aromatic N) is 2. The minimum atomic E-state index is -0.450. The molecule has 0 atom stereocenters. The molecule has 0 unspecified atom stereocenters. The van der Waals surface area contributed by atoms with E-state index in [1.54, 1.807) is 17.1 Å². The summed E-state index contributed by atoms with van der Waals surface area (Å²) in [6.45, 7) is 0. The fourth-order valence-corrected chi connectivity index (χ4v) is 4.90. The number of hydrogen-bond donors (Lipinski definition) is 2. The van der Waals surface area contributed by atoms with Gasteiger partial charge in [-0.3, -0.25) is 9.59 Å². The second kappa shape index (κ2) is 9.45. The van der Waals surface area contributed by atoms with Crippen LogP contribution in [0.2, 0.25) is 0 Å².